The fourth-order valence-corrected chi connectivity index (χ4v) is 4.38. The number of aromatic nitrogens is 3. The largest absolute Gasteiger partial charge is 0.349 e. The quantitative estimate of drug-likeness (QED) is 0.310. The zero-order chi connectivity index (χ0) is 20.7. The van der Waals surface area contributed by atoms with Crippen LogP contribution in [0, 0.1) is 6.92 Å². The predicted octanol–water partition coefficient (Wildman–Crippen LogP) is 3.81. The van der Waals surface area contributed by atoms with E-state index in [-0.39, 0.29) is 17.1 Å². The first-order valence-electron chi connectivity index (χ1n) is 9.15. The molecule has 0 aliphatic heterocycles. The topological polar surface area (TPSA) is 84.8 Å². The van der Waals surface area contributed by atoms with Gasteiger partial charge in [-0.1, -0.05) is 48.2 Å². The Kier molecular flexibility index (Phi) is 4.84. The highest BCUT2D eigenvalue weighted by Gasteiger charge is 2.26. The molecule has 4 rings (SSSR count). The van der Waals surface area contributed by atoms with Crippen molar-refractivity contribution < 1.29 is 9.59 Å². The molecule has 0 atom stereocenters. The maximum Gasteiger partial charge on any atom is 0.283 e. The monoisotopic (exact) mass is 405 g/mol. The van der Waals surface area contributed by atoms with Crippen LogP contribution in [0.1, 0.15) is 19.4 Å². The molecule has 4 aromatic rings. The van der Waals surface area contributed by atoms with Crippen LogP contribution >= 0.6 is 11.8 Å². The first-order valence-corrected chi connectivity index (χ1v) is 10.0. The van der Waals surface area contributed by atoms with E-state index in [1.165, 1.54) is 18.4 Å². The lowest BCUT2D eigenvalue weighted by Crippen LogP contribution is -2.27. The van der Waals surface area contributed by atoms with Crippen LogP contribution in [0.4, 0.5) is 0 Å². The van der Waals surface area contributed by atoms with Crippen LogP contribution in [-0.4, -0.2) is 31.4 Å². The van der Waals surface area contributed by atoms with Gasteiger partial charge in [-0.2, -0.15) is 0 Å². The molecule has 0 saturated carbocycles. The van der Waals surface area contributed by atoms with E-state index >= 15 is 0 Å². The van der Waals surface area contributed by atoms with E-state index in [9.17, 15) is 14.4 Å². The lowest BCUT2D eigenvalue weighted by atomic mass is 10.2. The Balaban J connectivity index is 2.08. The third-order valence-electron chi connectivity index (χ3n) is 4.81. The fraction of sp³-hybridized carbons (Fsp3) is 0.182. The molecule has 1 N–H and O–H groups in total. The molecular formula is C22H19N3O3S. The van der Waals surface area contributed by atoms with Crippen molar-refractivity contribution >= 4 is 45.3 Å². The molecule has 0 amide bonds. The van der Waals surface area contributed by atoms with Crippen LogP contribution in [0.2, 0.25) is 0 Å². The number of benzene rings is 2. The lowest BCUT2D eigenvalue weighted by Gasteiger charge is -2.16. The Hall–Kier alpha value is -3.19. The number of rotatable bonds is 5. The molecule has 6 nitrogen and oxygen atoms in total. The highest BCUT2D eigenvalue weighted by molar-refractivity contribution is 8.01. The zero-order valence-corrected chi connectivity index (χ0v) is 17.0. The second-order valence-electron chi connectivity index (χ2n) is 6.93. The molecule has 0 spiro atoms. The molecule has 0 fully saturated rings. The number of carbonyl (C=O) groups is 2. The van der Waals surface area contributed by atoms with E-state index in [4.69, 9.17) is 4.98 Å². The van der Waals surface area contributed by atoms with Gasteiger partial charge in [0.05, 0.1) is 5.69 Å². The number of ketones is 2. The average molecular weight is 405 g/mol. The fourth-order valence-electron chi connectivity index (χ4n) is 3.41. The Morgan fingerprint density at radius 1 is 1.03 bits per heavy atom. The highest BCUT2D eigenvalue weighted by Crippen LogP contribution is 2.29. The minimum atomic E-state index is -0.917. The number of hydrogen-bond acceptors (Lipinski definition) is 5. The average Bonchev–Trinajstić information content (AvgIpc) is 3.06. The van der Waals surface area contributed by atoms with Gasteiger partial charge in [-0.15, -0.1) is 0 Å². The van der Waals surface area contributed by atoms with E-state index < -0.39 is 5.25 Å². The molecule has 0 aliphatic carbocycles. The molecule has 146 valence electrons. The van der Waals surface area contributed by atoms with Crippen LogP contribution in [0.25, 0.3) is 27.6 Å². The Bertz CT molecular complexity index is 1320. The summed E-state index contributed by atoms with van der Waals surface area (Å²) in [4.78, 5) is 45.5. The summed E-state index contributed by atoms with van der Waals surface area (Å²) in [5, 5.41) is 0.220. The number of carbonyl (C=O) groups excluding carboxylic acids is 2. The predicted molar refractivity (Wildman–Crippen MR) is 115 cm³/mol. The van der Waals surface area contributed by atoms with Gasteiger partial charge >= 0.3 is 0 Å². The summed E-state index contributed by atoms with van der Waals surface area (Å²) >= 11 is 1.01. The van der Waals surface area contributed by atoms with Crippen molar-refractivity contribution in [1.82, 2.24) is 14.5 Å². The van der Waals surface area contributed by atoms with Crippen molar-refractivity contribution in [2.24, 2.45) is 0 Å². The van der Waals surface area contributed by atoms with Crippen LogP contribution in [0.3, 0.4) is 0 Å². The van der Waals surface area contributed by atoms with Crippen molar-refractivity contribution in [2.75, 3.05) is 0 Å². The molecule has 0 aliphatic rings. The third-order valence-corrected chi connectivity index (χ3v) is 6.20. The van der Waals surface area contributed by atoms with Gasteiger partial charge in [0, 0.05) is 10.9 Å². The Morgan fingerprint density at radius 3 is 2.38 bits per heavy atom. The van der Waals surface area contributed by atoms with Gasteiger partial charge in [0.1, 0.15) is 16.3 Å². The van der Waals surface area contributed by atoms with Gasteiger partial charge in [-0.25, -0.2) is 4.98 Å². The van der Waals surface area contributed by atoms with E-state index in [1.54, 1.807) is 0 Å². The summed E-state index contributed by atoms with van der Waals surface area (Å²) in [6.45, 7) is 4.65. The highest BCUT2D eigenvalue weighted by atomic mass is 32.2. The third kappa shape index (κ3) is 3.27. The number of para-hydroxylation sites is 2. The first kappa shape index (κ1) is 19.1. The van der Waals surface area contributed by atoms with E-state index in [1.807, 2.05) is 55.5 Å². The van der Waals surface area contributed by atoms with Gasteiger partial charge in [0.15, 0.2) is 16.7 Å². The molecule has 7 heteroatoms. The molecule has 0 saturated heterocycles. The summed E-state index contributed by atoms with van der Waals surface area (Å²) < 4.78 is 1.48. The van der Waals surface area contributed by atoms with Gasteiger partial charge in [0.25, 0.3) is 5.56 Å². The number of fused-ring (bicyclic) bond motifs is 3. The van der Waals surface area contributed by atoms with Crippen molar-refractivity contribution in [3.8, 4) is 5.69 Å². The number of hydrogen-bond donors (Lipinski definition) is 1. The van der Waals surface area contributed by atoms with E-state index in [0.717, 1.165) is 28.2 Å². The molecule has 2 aromatic heterocycles. The molecule has 0 radical (unpaired) electrons. The number of aryl methyl sites for hydroxylation is 1. The van der Waals surface area contributed by atoms with Crippen molar-refractivity contribution in [2.45, 2.75) is 31.2 Å². The zero-order valence-electron chi connectivity index (χ0n) is 16.2. The Labute approximate surface area is 171 Å². The SMILES string of the molecule is CC(=O)C(Sc1nc2c([nH]c3ccccc32)c(=O)n1-c1ccccc1C)C(C)=O. The van der Waals surface area contributed by atoms with E-state index in [0.29, 0.717) is 21.9 Å². The summed E-state index contributed by atoms with van der Waals surface area (Å²) in [6, 6.07) is 15.0. The Morgan fingerprint density at radius 2 is 1.69 bits per heavy atom. The first-order chi connectivity index (χ1) is 13.9. The smallest absolute Gasteiger partial charge is 0.283 e. The minimum Gasteiger partial charge on any atom is -0.349 e. The van der Waals surface area contributed by atoms with Crippen molar-refractivity contribution in [3.05, 3.63) is 64.4 Å². The number of aromatic amines is 1. The molecule has 29 heavy (non-hydrogen) atoms. The molecule has 2 heterocycles. The number of Topliss-reactive ketones (excluding diaryl/α,β-unsaturated/α-hetero) is 2. The van der Waals surface area contributed by atoms with Crippen LogP contribution in [0.5, 0.6) is 0 Å². The number of nitrogens with zero attached hydrogens (tertiary/aromatic N) is 2. The summed E-state index contributed by atoms with van der Waals surface area (Å²) in [5.74, 6) is -0.542. The van der Waals surface area contributed by atoms with Crippen LogP contribution in [0.15, 0.2) is 58.5 Å². The van der Waals surface area contributed by atoms with Crippen molar-refractivity contribution in [3.63, 3.8) is 0 Å². The number of nitrogens with one attached hydrogen (secondary N) is 1. The van der Waals surface area contributed by atoms with Gasteiger partial charge < -0.3 is 4.98 Å². The number of thioether (sulfide) groups is 1. The van der Waals surface area contributed by atoms with Gasteiger partial charge in [0.2, 0.25) is 0 Å². The molecule has 2 aromatic carbocycles. The maximum atomic E-state index is 13.5. The van der Waals surface area contributed by atoms with E-state index in [2.05, 4.69) is 4.98 Å². The minimum absolute atomic E-state index is 0.270. The van der Waals surface area contributed by atoms with Gasteiger partial charge in [-0.05, 0) is 38.5 Å². The van der Waals surface area contributed by atoms with Crippen LogP contribution < -0.4 is 5.56 Å². The van der Waals surface area contributed by atoms with Crippen molar-refractivity contribution in [1.29, 1.82) is 0 Å². The molecule has 0 unspecified atom stereocenters. The lowest BCUT2D eigenvalue weighted by molar-refractivity contribution is -0.123. The van der Waals surface area contributed by atoms with Crippen LogP contribution in [-0.2, 0) is 9.59 Å². The second-order valence-corrected chi connectivity index (χ2v) is 8.01. The summed E-state index contributed by atoms with van der Waals surface area (Å²) in [7, 11) is 0. The molecular weight excluding hydrogens is 386 g/mol. The second kappa shape index (κ2) is 7.33. The molecule has 0 bridgehead atoms. The standard InChI is InChI=1S/C22H19N3O3S/c1-12-8-4-7-11-17(12)25-21(28)19-18(15-9-5-6-10-16(15)23-19)24-22(25)29-20(13(2)26)14(3)27/h4-11,20,23H,1-3H3. The number of H-pyrrole nitrogens is 1. The van der Waals surface area contributed by atoms with Gasteiger partial charge in [-0.3, -0.25) is 19.0 Å². The summed E-state index contributed by atoms with van der Waals surface area (Å²) in [6.07, 6.45) is 0. The normalized spacial score (nSPS) is 11.4. The maximum absolute atomic E-state index is 13.5. The summed E-state index contributed by atoms with van der Waals surface area (Å²) in [5.41, 5.74) is 3.01.